The zero-order chi connectivity index (χ0) is 13.3. The predicted molar refractivity (Wildman–Crippen MR) is 70.7 cm³/mol. The molecule has 1 fully saturated rings. The zero-order valence-corrected chi connectivity index (χ0v) is 11.4. The molecule has 7 heteroatoms. The number of nitrogens with two attached hydrogens (primary N) is 1. The molecule has 6 nitrogen and oxygen atoms in total. The van der Waals surface area contributed by atoms with Crippen LogP contribution in [0.1, 0.15) is 26.2 Å². The van der Waals surface area contributed by atoms with E-state index in [1.807, 2.05) is 0 Å². The van der Waals surface area contributed by atoms with E-state index in [9.17, 15) is 9.59 Å². The third kappa shape index (κ3) is 2.84. The number of hydrogen-bond donors (Lipinski definition) is 2. The Balaban J connectivity index is 2.20. The van der Waals surface area contributed by atoms with Crippen LogP contribution in [0.25, 0.3) is 0 Å². The van der Waals surface area contributed by atoms with Gasteiger partial charge in [-0.05, 0) is 25.2 Å². The Morgan fingerprint density at radius 2 is 2.17 bits per heavy atom. The van der Waals surface area contributed by atoms with E-state index < -0.39 is 11.1 Å². The molecule has 1 aliphatic rings. The SMILES string of the molecule is CC1CCC(N)C(Sc2nc(=O)c(=O)[nH]n2C)C1. The Bertz CT molecular complexity index is 539. The topological polar surface area (TPSA) is 93.8 Å². The minimum Gasteiger partial charge on any atom is -0.327 e. The fraction of sp³-hybridized carbons (Fsp3) is 0.727. The Hall–Kier alpha value is -1.08. The minimum atomic E-state index is -0.743. The van der Waals surface area contributed by atoms with E-state index in [0.717, 1.165) is 19.3 Å². The molecule has 0 radical (unpaired) electrons. The van der Waals surface area contributed by atoms with Crippen molar-refractivity contribution in [3.05, 3.63) is 20.7 Å². The second kappa shape index (κ2) is 5.27. The van der Waals surface area contributed by atoms with Gasteiger partial charge in [-0.25, -0.2) is 0 Å². The maximum Gasteiger partial charge on any atom is 0.339 e. The third-order valence-corrected chi connectivity index (χ3v) is 4.73. The van der Waals surface area contributed by atoms with Gasteiger partial charge in [0.05, 0.1) is 0 Å². The highest BCUT2D eigenvalue weighted by molar-refractivity contribution is 7.99. The Morgan fingerprint density at radius 1 is 1.44 bits per heavy atom. The summed E-state index contributed by atoms with van der Waals surface area (Å²) in [4.78, 5) is 26.2. The molecule has 1 aliphatic carbocycles. The van der Waals surface area contributed by atoms with E-state index in [-0.39, 0.29) is 11.3 Å². The van der Waals surface area contributed by atoms with E-state index in [1.165, 1.54) is 16.4 Å². The fourth-order valence-corrected chi connectivity index (χ4v) is 3.53. The summed E-state index contributed by atoms with van der Waals surface area (Å²) >= 11 is 1.48. The molecule has 0 bridgehead atoms. The Labute approximate surface area is 109 Å². The summed E-state index contributed by atoms with van der Waals surface area (Å²) in [6.45, 7) is 2.21. The van der Waals surface area contributed by atoms with Crippen molar-refractivity contribution in [2.75, 3.05) is 0 Å². The lowest BCUT2D eigenvalue weighted by atomic mass is 9.87. The first kappa shape index (κ1) is 13.4. The van der Waals surface area contributed by atoms with Crippen LogP contribution in [0.5, 0.6) is 0 Å². The number of nitrogens with one attached hydrogen (secondary N) is 1. The maximum absolute atomic E-state index is 11.3. The molecule has 0 saturated heterocycles. The molecule has 0 aromatic carbocycles. The summed E-state index contributed by atoms with van der Waals surface area (Å²) in [7, 11) is 1.67. The molecule has 18 heavy (non-hydrogen) atoms. The van der Waals surface area contributed by atoms with Gasteiger partial charge in [0.1, 0.15) is 0 Å². The van der Waals surface area contributed by atoms with Crippen LogP contribution in [0.4, 0.5) is 0 Å². The summed E-state index contributed by atoms with van der Waals surface area (Å²) in [5.74, 6) is 0.641. The highest BCUT2D eigenvalue weighted by Gasteiger charge is 2.28. The minimum absolute atomic E-state index is 0.120. The number of aryl methyl sites for hydroxylation is 1. The van der Waals surface area contributed by atoms with Gasteiger partial charge in [0, 0.05) is 18.3 Å². The van der Waals surface area contributed by atoms with Gasteiger partial charge in [0.2, 0.25) is 0 Å². The van der Waals surface area contributed by atoms with Crippen molar-refractivity contribution in [3.8, 4) is 0 Å². The normalized spacial score (nSPS) is 28.3. The van der Waals surface area contributed by atoms with Crippen molar-refractivity contribution >= 4 is 11.8 Å². The van der Waals surface area contributed by atoms with Crippen LogP contribution in [0.15, 0.2) is 14.7 Å². The van der Waals surface area contributed by atoms with Crippen LogP contribution in [-0.2, 0) is 7.05 Å². The van der Waals surface area contributed by atoms with Crippen molar-refractivity contribution in [1.82, 2.24) is 14.8 Å². The van der Waals surface area contributed by atoms with Crippen LogP contribution in [0, 0.1) is 5.92 Å². The van der Waals surface area contributed by atoms with E-state index >= 15 is 0 Å². The number of hydrogen-bond acceptors (Lipinski definition) is 5. The van der Waals surface area contributed by atoms with Gasteiger partial charge >= 0.3 is 11.1 Å². The smallest absolute Gasteiger partial charge is 0.327 e. The van der Waals surface area contributed by atoms with E-state index in [2.05, 4.69) is 17.0 Å². The van der Waals surface area contributed by atoms with E-state index in [1.54, 1.807) is 7.05 Å². The van der Waals surface area contributed by atoms with E-state index in [0.29, 0.717) is 11.1 Å². The van der Waals surface area contributed by atoms with Crippen LogP contribution >= 0.6 is 11.8 Å². The average molecular weight is 270 g/mol. The fourth-order valence-electron chi connectivity index (χ4n) is 2.19. The summed E-state index contributed by atoms with van der Waals surface area (Å²) in [6, 6.07) is 0.120. The molecule has 0 amide bonds. The first-order valence-electron chi connectivity index (χ1n) is 6.07. The quantitative estimate of drug-likeness (QED) is 0.742. The highest BCUT2D eigenvalue weighted by Crippen LogP contribution is 2.33. The predicted octanol–water partition coefficient (Wildman–Crippen LogP) is 0.0766. The standard InChI is InChI=1S/C11H18N4O2S/c1-6-3-4-7(12)8(5-6)18-11-13-9(16)10(17)14-15(11)2/h6-8H,3-5,12H2,1-2H3,(H,14,17). The summed E-state index contributed by atoms with van der Waals surface area (Å²) in [5, 5.41) is 3.22. The second-order valence-corrected chi connectivity index (χ2v) is 6.14. The lowest BCUT2D eigenvalue weighted by molar-refractivity contribution is 0.356. The maximum atomic E-state index is 11.3. The average Bonchev–Trinajstić information content (AvgIpc) is 2.30. The number of aromatic nitrogens is 3. The Kier molecular flexibility index (Phi) is 3.91. The highest BCUT2D eigenvalue weighted by atomic mass is 32.2. The van der Waals surface area contributed by atoms with Crippen LogP contribution in [-0.4, -0.2) is 26.1 Å². The molecule has 3 atom stereocenters. The Morgan fingerprint density at radius 3 is 2.89 bits per heavy atom. The third-order valence-electron chi connectivity index (χ3n) is 3.31. The molecule has 0 spiro atoms. The summed E-state index contributed by atoms with van der Waals surface area (Å²) < 4.78 is 1.49. The molecule has 2 rings (SSSR count). The summed E-state index contributed by atoms with van der Waals surface area (Å²) in [5.41, 5.74) is 4.67. The molecular formula is C11H18N4O2S. The number of thioether (sulfide) groups is 1. The molecule has 1 aromatic heterocycles. The largest absolute Gasteiger partial charge is 0.339 e. The first-order chi connectivity index (χ1) is 8.47. The monoisotopic (exact) mass is 270 g/mol. The molecule has 1 heterocycles. The van der Waals surface area contributed by atoms with E-state index in [4.69, 9.17) is 5.73 Å². The summed E-state index contributed by atoms with van der Waals surface area (Å²) in [6.07, 6.45) is 3.16. The van der Waals surface area contributed by atoms with Gasteiger partial charge in [-0.2, -0.15) is 4.98 Å². The number of aromatic amines is 1. The first-order valence-corrected chi connectivity index (χ1v) is 6.95. The van der Waals surface area contributed by atoms with Crippen LogP contribution < -0.4 is 16.9 Å². The van der Waals surface area contributed by atoms with Gasteiger partial charge in [0.25, 0.3) is 0 Å². The second-order valence-electron chi connectivity index (χ2n) is 4.94. The number of nitrogens with zero attached hydrogens (tertiary/aromatic N) is 2. The van der Waals surface area contributed by atoms with Crippen LogP contribution in [0.3, 0.4) is 0 Å². The molecule has 3 unspecified atom stereocenters. The van der Waals surface area contributed by atoms with Crippen LogP contribution in [0.2, 0.25) is 0 Å². The van der Waals surface area contributed by atoms with Crippen molar-refractivity contribution in [2.24, 2.45) is 18.7 Å². The molecule has 1 aromatic rings. The molecular weight excluding hydrogens is 252 g/mol. The molecule has 100 valence electrons. The van der Waals surface area contributed by atoms with Crippen molar-refractivity contribution in [3.63, 3.8) is 0 Å². The zero-order valence-electron chi connectivity index (χ0n) is 10.5. The lowest BCUT2D eigenvalue weighted by Gasteiger charge is -2.31. The molecule has 3 N–H and O–H groups in total. The van der Waals surface area contributed by atoms with Crippen molar-refractivity contribution in [1.29, 1.82) is 0 Å². The molecule has 1 saturated carbocycles. The van der Waals surface area contributed by atoms with Gasteiger partial charge in [-0.3, -0.25) is 19.4 Å². The van der Waals surface area contributed by atoms with Crippen molar-refractivity contribution in [2.45, 2.75) is 42.6 Å². The molecule has 0 aliphatic heterocycles. The number of rotatable bonds is 2. The van der Waals surface area contributed by atoms with Gasteiger partial charge in [-0.1, -0.05) is 18.7 Å². The lowest BCUT2D eigenvalue weighted by Crippen LogP contribution is -2.39. The number of H-pyrrole nitrogens is 1. The van der Waals surface area contributed by atoms with Gasteiger partial charge in [-0.15, -0.1) is 0 Å². The van der Waals surface area contributed by atoms with Gasteiger partial charge in [0.15, 0.2) is 5.16 Å². The van der Waals surface area contributed by atoms with Gasteiger partial charge < -0.3 is 5.73 Å². The van der Waals surface area contributed by atoms with Crippen molar-refractivity contribution < 1.29 is 0 Å².